The standard InChI is InChI=1S/C22H24N4O6S/c1-5-32-21(29)14-8-6-7-9-15(14)24-16(27)12-33-18-13(11-31-4)10-23-19-17(18)20(28)26(3)22(30)25(19)2/h6-10,17H,5,11-12H2,1-4H3/p+1. The number of methoxy groups -OCH3 is 1. The predicted octanol–water partition coefficient (Wildman–Crippen LogP) is 1.77. The molecule has 33 heavy (non-hydrogen) atoms. The Morgan fingerprint density at radius 3 is 2.70 bits per heavy atom. The maximum Gasteiger partial charge on any atom is 0.445 e. The number of ether oxygens (including phenoxy) is 2. The van der Waals surface area contributed by atoms with Crippen molar-refractivity contribution < 1.29 is 33.2 Å². The molecule has 0 saturated carbocycles. The lowest BCUT2D eigenvalue weighted by molar-refractivity contribution is -0.407. The molecule has 174 valence electrons. The van der Waals surface area contributed by atoms with Gasteiger partial charge in [0.05, 0.1) is 44.3 Å². The van der Waals surface area contributed by atoms with Gasteiger partial charge >= 0.3 is 17.9 Å². The Morgan fingerprint density at radius 2 is 2.00 bits per heavy atom. The van der Waals surface area contributed by atoms with Crippen LogP contribution in [0.4, 0.5) is 10.5 Å². The zero-order valence-electron chi connectivity index (χ0n) is 18.8. The van der Waals surface area contributed by atoms with E-state index in [1.165, 1.54) is 30.5 Å². The van der Waals surface area contributed by atoms with Crippen LogP contribution in [0.3, 0.4) is 0 Å². The lowest BCUT2D eigenvalue weighted by atomic mass is 9.98. The molecule has 1 N–H and O–H groups in total. The Kier molecular flexibility index (Phi) is 7.77. The highest BCUT2D eigenvalue weighted by Gasteiger charge is 2.48. The van der Waals surface area contributed by atoms with Crippen molar-refractivity contribution in [3.05, 3.63) is 40.3 Å². The van der Waals surface area contributed by atoms with Gasteiger partial charge in [-0.2, -0.15) is 9.48 Å². The zero-order chi connectivity index (χ0) is 24.1. The molecule has 0 aromatic heterocycles. The SMILES string of the molecule is CCOC(=O)c1ccccc1NC(=O)CSC1=C(COC)C=NC2=[N+](C)C(=O)N(C)C(=O)C12. The molecule has 1 atom stereocenters. The van der Waals surface area contributed by atoms with Gasteiger partial charge in [-0.1, -0.05) is 12.1 Å². The van der Waals surface area contributed by atoms with Crippen LogP contribution >= 0.6 is 11.8 Å². The Bertz CT molecular complexity index is 1090. The molecule has 10 nitrogen and oxygen atoms in total. The van der Waals surface area contributed by atoms with Crippen LogP contribution in [0, 0.1) is 5.92 Å². The maximum absolute atomic E-state index is 12.9. The average Bonchev–Trinajstić information content (AvgIpc) is 2.80. The number of aliphatic imine (C=N–C) groups is 1. The first kappa shape index (κ1) is 24.3. The molecule has 2 aliphatic rings. The second kappa shape index (κ2) is 10.5. The lowest BCUT2D eigenvalue weighted by Crippen LogP contribution is -2.53. The third-order valence-electron chi connectivity index (χ3n) is 5.04. The number of carbonyl (C=O) groups excluding carboxylic acids is 4. The fraction of sp³-hybridized carbons (Fsp3) is 0.364. The van der Waals surface area contributed by atoms with Gasteiger partial charge in [0, 0.05) is 17.6 Å². The van der Waals surface area contributed by atoms with E-state index >= 15 is 0 Å². The molecule has 0 spiro atoms. The molecule has 0 bridgehead atoms. The second-order valence-corrected chi connectivity index (χ2v) is 8.23. The van der Waals surface area contributed by atoms with E-state index in [0.717, 1.165) is 4.90 Å². The van der Waals surface area contributed by atoms with E-state index in [0.29, 0.717) is 22.0 Å². The van der Waals surface area contributed by atoms with Crippen molar-refractivity contribution in [2.75, 3.05) is 45.5 Å². The van der Waals surface area contributed by atoms with Crippen molar-refractivity contribution >= 4 is 53.3 Å². The molecule has 1 unspecified atom stereocenters. The van der Waals surface area contributed by atoms with Crippen molar-refractivity contribution in [2.45, 2.75) is 6.92 Å². The summed E-state index contributed by atoms with van der Waals surface area (Å²) in [6, 6.07) is 6.09. The fourth-order valence-electron chi connectivity index (χ4n) is 3.45. The highest BCUT2D eigenvalue weighted by atomic mass is 32.2. The van der Waals surface area contributed by atoms with Crippen LogP contribution in [0.15, 0.2) is 39.7 Å². The van der Waals surface area contributed by atoms with Crippen molar-refractivity contribution in [3.8, 4) is 0 Å². The third-order valence-corrected chi connectivity index (χ3v) is 6.26. The number of amides is 4. The number of rotatable bonds is 8. The van der Waals surface area contributed by atoms with Crippen molar-refractivity contribution in [3.63, 3.8) is 0 Å². The van der Waals surface area contributed by atoms with Gasteiger partial charge < -0.3 is 14.8 Å². The van der Waals surface area contributed by atoms with Gasteiger partial charge in [0.25, 0.3) is 5.84 Å². The van der Waals surface area contributed by atoms with E-state index in [1.54, 1.807) is 44.5 Å². The van der Waals surface area contributed by atoms with Gasteiger partial charge in [-0.05, 0) is 19.1 Å². The number of hydrogen-bond donors (Lipinski definition) is 1. The predicted molar refractivity (Wildman–Crippen MR) is 124 cm³/mol. The van der Waals surface area contributed by atoms with Crippen LogP contribution in [0.5, 0.6) is 0 Å². The normalized spacial score (nSPS) is 17.9. The first-order chi connectivity index (χ1) is 15.8. The van der Waals surface area contributed by atoms with Crippen molar-refractivity contribution in [2.24, 2.45) is 10.9 Å². The van der Waals surface area contributed by atoms with Crippen LogP contribution in [0.1, 0.15) is 17.3 Å². The minimum absolute atomic E-state index is 0.0357. The topological polar surface area (TPSA) is 117 Å². The third kappa shape index (κ3) is 5.04. The smallest absolute Gasteiger partial charge is 0.445 e. The molecule has 0 aliphatic carbocycles. The number of esters is 1. The summed E-state index contributed by atoms with van der Waals surface area (Å²) in [5.74, 6) is -1.86. The Labute approximate surface area is 195 Å². The highest BCUT2D eigenvalue weighted by Crippen LogP contribution is 2.35. The van der Waals surface area contributed by atoms with E-state index in [2.05, 4.69) is 10.3 Å². The molecule has 0 saturated heterocycles. The highest BCUT2D eigenvalue weighted by molar-refractivity contribution is 8.03. The summed E-state index contributed by atoms with van der Waals surface area (Å²) in [5.41, 5.74) is 1.24. The number of carbonyl (C=O) groups is 4. The van der Waals surface area contributed by atoms with Gasteiger partial charge in [0.2, 0.25) is 5.91 Å². The van der Waals surface area contributed by atoms with E-state index < -0.39 is 23.8 Å². The molecule has 0 radical (unpaired) electrons. The molecule has 0 fully saturated rings. The number of hydrogen-bond acceptors (Lipinski definition) is 8. The first-order valence-corrected chi connectivity index (χ1v) is 11.2. The number of amidine groups is 1. The molecule has 11 heteroatoms. The molecule has 3 rings (SSSR count). The summed E-state index contributed by atoms with van der Waals surface area (Å²) >= 11 is 1.17. The zero-order valence-corrected chi connectivity index (χ0v) is 19.6. The Balaban J connectivity index is 1.82. The molecule has 1 aromatic rings. The van der Waals surface area contributed by atoms with E-state index in [-0.39, 0.29) is 30.4 Å². The number of imide groups is 1. The Morgan fingerprint density at radius 1 is 1.27 bits per heavy atom. The number of nitrogens with one attached hydrogen (secondary N) is 1. The van der Waals surface area contributed by atoms with Gasteiger partial charge in [-0.25, -0.2) is 9.59 Å². The van der Waals surface area contributed by atoms with Crippen LogP contribution in [0.2, 0.25) is 0 Å². The fourth-order valence-corrected chi connectivity index (χ4v) is 4.48. The van der Waals surface area contributed by atoms with Crippen LogP contribution < -0.4 is 5.32 Å². The molecule has 2 heterocycles. The lowest BCUT2D eigenvalue weighted by Gasteiger charge is -2.28. The molecular weight excluding hydrogens is 448 g/mol. The maximum atomic E-state index is 12.9. The second-order valence-electron chi connectivity index (χ2n) is 7.21. The number of anilines is 1. The van der Waals surface area contributed by atoms with Gasteiger partial charge in [-0.3, -0.25) is 9.59 Å². The molecule has 2 aliphatic heterocycles. The minimum atomic E-state index is -0.808. The number of urea groups is 1. The largest absolute Gasteiger partial charge is 0.462 e. The van der Waals surface area contributed by atoms with Crippen LogP contribution in [0.25, 0.3) is 0 Å². The van der Waals surface area contributed by atoms with E-state index in [1.807, 2.05) is 0 Å². The summed E-state index contributed by atoms with van der Waals surface area (Å²) in [4.78, 5) is 56.1. The summed E-state index contributed by atoms with van der Waals surface area (Å²) < 4.78 is 11.6. The minimum Gasteiger partial charge on any atom is -0.462 e. The first-order valence-electron chi connectivity index (χ1n) is 10.2. The summed E-state index contributed by atoms with van der Waals surface area (Å²) in [6.07, 6.45) is 1.55. The number of benzene rings is 1. The molecule has 1 aromatic carbocycles. The monoisotopic (exact) mass is 473 g/mol. The summed E-state index contributed by atoms with van der Waals surface area (Å²) in [6.45, 7) is 2.11. The van der Waals surface area contributed by atoms with E-state index in [9.17, 15) is 19.2 Å². The van der Waals surface area contributed by atoms with E-state index in [4.69, 9.17) is 9.47 Å². The van der Waals surface area contributed by atoms with Crippen molar-refractivity contribution in [1.82, 2.24) is 4.90 Å². The number of fused-ring (bicyclic) bond motifs is 1. The molecule has 4 amide bonds. The number of dihydropyridines is 1. The number of nitrogens with zero attached hydrogens (tertiary/aromatic N) is 3. The van der Waals surface area contributed by atoms with Gasteiger partial charge in [0.15, 0.2) is 5.92 Å². The van der Waals surface area contributed by atoms with Crippen LogP contribution in [-0.2, 0) is 19.1 Å². The number of thioether (sulfide) groups is 1. The quantitative estimate of drug-likeness (QED) is 0.452. The van der Waals surface area contributed by atoms with Crippen LogP contribution in [-0.4, -0.2) is 85.5 Å². The number of para-hydroxylation sites is 1. The summed E-state index contributed by atoms with van der Waals surface area (Å²) in [7, 11) is 4.48. The molecular formula is C22H25N4O6S+. The van der Waals surface area contributed by atoms with Gasteiger partial charge in [-0.15, -0.1) is 16.8 Å². The average molecular weight is 474 g/mol. The summed E-state index contributed by atoms with van der Waals surface area (Å²) in [5, 5.41) is 2.73. The Hall–Kier alpha value is -3.31. The van der Waals surface area contributed by atoms with Gasteiger partial charge in [0.1, 0.15) is 6.21 Å². The van der Waals surface area contributed by atoms with Crippen molar-refractivity contribution in [1.29, 1.82) is 0 Å².